The lowest BCUT2D eigenvalue weighted by molar-refractivity contribution is -0.137. The molecular weight excluding hydrogens is 289 g/mol. The summed E-state index contributed by atoms with van der Waals surface area (Å²) in [5, 5.41) is 3.70. The lowest BCUT2D eigenvalue weighted by Gasteiger charge is -2.14. The van der Waals surface area contributed by atoms with Crippen molar-refractivity contribution in [3.05, 3.63) is 46.4 Å². The van der Waals surface area contributed by atoms with Crippen LogP contribution in [0.1, 0.15) is 5.56 Å². The fourth-order valence-corrected chi connectivity index (χ4v) is 1.83. The van der Waals surface area contributed by atoms with Crippen LogP contribution in [0.5, 0.6) is 11.5 Å². The summed E-state index contributed by atoms with van der Waals surface area (Å²) >= 11 is 0. The Morgan fingerprint density at radius 2 is 1.81 bits per heavy atom. The zero-order chi connectivity index (χ0) is 15.6. The van der Waals surface area contributed by atoms with Crippen molar-refractivity contribution in [1.29, 1.82) is 0 Å². The van der Waals surface area contributed by atoms with Crippen molar-refractivity contribution >= 4 is 0 Å². The molecule has 0 fully saturated rings. The molecule has 1 aromatic carbocycles. The molecule has 112 valence electrons. The number of hydrogen-bond donors (Lipinski definition) is 0. The minimum atomic E-state index is -4.61. The standard InChI is InChI=1S/C13H11F3N2O3/c1-20-10-7-17-18(12(19)11(10)21-2)9-6-4-3-5-8(9)13(14,15)16/h3-7H,1-2H3. The van der Waals surface area contributed by atoms with Crippen LogP contribution in [-0.4, -0.2) is 24.0 Å². The van der Waals surface area contributed by atoms with E-state index in [9.17, 15) is 18.0 Å². The second-order valence-corrected chi connectivity index (χ2v) is 3.98. The summed E-state index contributed by atoms with van der Waals surface area (Å²) in [5.74, 6) is -0.173. The first-order chi connectivity index (χ1) is 9.90. The Balaban J connectivity index is 2.72. The third-order valence-corrected chi connectivity index (χ3v) is 2.76. The van der Waals surface area contributed by atoms with Crippen molar-refractivity contribution in [2.45, 2.75) is 6.18 Å². The first-order valence-corrected chi connectivity index (χ1v) is 5.77. The molecule has 1 heterocycles. The third-order valence-electron chi connectivity index (χ3n) is 2.76. The van der Waals surface area contributed by atoms with Crippen LogP contribution >= 0.6 is 0 Å². The molecule has 5 nitrogen and oxygen atoms in total. The smallest absolute Gasteiger partial charge is 0.418 e. The van der Waals surface area contributed by atoms with Crippen LogP contribution in [-0.2, 0) is 6.18 Å². The molecule has 2 rings (SSSR count). The molecule has 0 spiro atoms. The van der Waals surface area contributed by atoms with Gasteiger partial charge in [-0.2, -0.15) is 23.0 Å². The fraction of sp³-hybridized carbons (Fsp3) is 0.231. The highest BCUT2D eigenvalue weighted by molar-refractivity contribution is 5.44. The van der Waals surface area contributed by atoms with Gasteiger partial charge in [-0.05, 0) is 12.1 Å². The first-order valence-electron chi connectivity index (χ1n) is 5.77. The predicted octanol–water partition coefficient (Wildman–Crippen LogP) is 2.27. The number of nitrogens with zero attached hydrogens (tertiary/aromatic N) is 2. The van der Waals surface area contributed by atoms with Crippen molar-refractivity contribution in [2.24, 2.45) is 0 Å². The zero-order valence-electron chi connectivity index (χ0n) is 11.1. The lowest BCUT2D eigenvalue weighted by Crippen LogP contribution is -2.25. The van der Waals surface area contributed by atoms with Crippen LogP contribution in [0, 0.1) is 0 Å². The predicted molar refractivity (Wildman–Crippen MR) is 67.9 cm³/mol. The number of hydrogen-bond acceptors (Lipinski definition) is 4. The van der Waals surface area contributed by atoms with E-state index in [-0.39, 0.29) is 17.2 Å². The van der Waals surface area contributed by atoms with Gasteiger partial charge in [0, 0.05) is 0 Å². The van der Waals surface area contributed by atoms with Crippen molar-refractivity contribution in [2.75, 3.05) is 14.2 Å². The van der Waals surface area contributed by atoms with Crippen LogP contribution in [0.3, 0.4) is 0 Å². The summed E-state index contributed by atoms with van der Waals surface area (Å²) in [6.45, 7) is 0. The topological polar surface area (TPSA) is 53.4 Å². The molecule has 0 aliphatic heterocycles. The van der Waals surface area contributed by atoms with E-state index in [1.54, 1.807) is 0 Å². The summed E-state index contributed by atoms with van der Waals surface area (Å²) in [4.78, 5) is 12.2. The number of alkyl halides is 3. The first kappa shape index (κ1) is 14.9. The number of halogens is 3. The summed E-state index contributed by atoms with van der Waals surface area (Å²) in [7, 11) is 2.52. The van der Waals surface area contributed by atoms with Crippen LogP contribution in [0.15, 0.2) is 35.3 Å². The molecular formula is C13H11F3N2O3. The van der Waals surface area contributed by atoms with E-state index in [1.165, 1.54) is 26.4 Å². The van der Waals surface area contributed by atoms with E-state index in [0.717, 1.165) is 18.3 Å². The summed E-state index contributed by atoms with van der Waals surface area (Å²) in [5.41, 5.74) is -2.18. The van der Waals surface area contributed by atoms with Gasteiger partial charge in [-0.15, -0.1) is 0 Å². The van der Waals surface area contributed by atoms with Crippen LogP contribution in [0.2, 0.25) is 0 Å². The van der Waals surface area contributed by atoms with Gasteiger partial charge in [-0.1, -0.05) is 12.1 Å². The molecule has 0 unspecified atom stereocenters. The van der Waals surface area contributed by atoms with Crippen molar-refractivity contribution in [1.82, 2.24) is 9.78 Å². The Bertz CT molecular complexity index is 711. The molecule has 0 aliphatic rings. The maximum absolute atomic E-state index is 13.0. The van der Waals surface area contributed by atoms with E-state index < -0.39 is 17.3 Å². The maximum Gasteiger partial charge on any atom is 0.418 e. The van der Waals surface area contributed by atoms with Crippen LogP contribution in [0.4, 0.5) is 13.2 Å². The van der Waals surface area contributed by atoms with Gasteiger partial charge in [0.25, 0.3) is 0 Å². The molecule has 0 aliphatic carbocycles. The molecule has 0 N–H and O–H groups in total. The number of methoxy groups -OCH3 is 2. The normalized spacial score (nSPS) is 11.3. The van der Waals surface area contributed by atoms with Gasteiger partial charge >= 0.3 is 11.7 Å². The highest BCUT2D eigenvalue weighted by Gasteiger charge is 2.34. The Morgan fingerprint density at radius 1 is 1.14 bits per heavy atom. The maximum atomic E-state index is 13.0. The molecule has 0 saturated heterocycles. The largest absolute Gasteiger partial charge is 0.491 e. The van der Waals surface area contributed by atoms with Crippen molar-refractivity contribution in [3.63, 3.8) is 0 Å². The average Bonchev–Trinajstić information content (AvgIpc) is 2.46. The molecule has 0 atom stereocenters. The van der Waals surface area contributed by atoms with E-state index in [1.807, 2.05) is 0 Å². The van der Waals surface area contributed by atoms with Crippen molar-refractivity contribution < 1.29 is 22.6 Å². The van der Waals surface area contributed by atoms with Gasteiger partial charge in [0.2, 0.25) is 5.75 Å². The Kier molecular flexibility index (Phi) is 3.88. The second-order valence-electron chi connectivity index (χ2n) is 3.98. The van der Waals surface area contributed by atoms with Gasteiger partial charge in [0.05, 0.1) is 31.7 Å². The Morgan fingerprint density at radius 3 is 2.38 bits per heavy atom. The average molecular weight is 300 g/mol. The molecule has 8 heteroatoms. The quantitative estimate of drug-likeness (QED) is 0.872. The third kappa shape index (κ3) is 2.69. The van der Waals surface area contributed by atoms with E-state index in [0.29, 0.717) is 4.68 Å². The Hall–Kier alpha value is -2.51. The van der Waals surface area contributed by atoms with Gasteiger partial charge in [-0.3, -0.25) is 4.79 Å². The van der Waals surface area contributed by atoms with Crippen LogP contribution in [0.25, 0.3) is 5.69 Å². The minimum absolute atomic E-state index is 0.0447. The molecule has 0 bridgehead atoms. The lowest BCUT2D eigenvalue weighted by atomic mass is 10.1. The van der Waals surface area contributed by atoms with Crippen molar-refractivity contribution in [3.8, 4) is 17.2 Å². The van der Waals surface area contributed by atoms with Gasteiger partial charge < -0.3 is 9.47 Å². The number of ether oxygens (including phenoxy) is 2. The number of rotatable bonds is 3. The monoisotopic (exact) mass is 300 g/mol. The fourth-order valence-electron chi connectivity index (χ4n) is 1.83. The number of aromatic nitrogens is 2. The number of benzene rings is 1. The van der Waals surface area contributed by atoms with E-state index in [2.05, 4.69) is 5.10 Å². The summed E-state index contributed by atoms with van der Waals surface area (Å²) < 4.78 is 49.4. The highest BCUT2D eigenvalue weighted by atomic mass is 19.4. The molecule has 0 radical (unpaired) electrons. The summed E-state index contributed by atoms with van der Waals surface area (Å²) in [6.07, 6.45) is -3.49. The van der Waals surface area contributed by atoms with E-state index >= 15 is 0 Å². The molecule has 0 amide bonds. The van der Waals surface area contributed by atoms with Gasteiger partial charge in [-0.25, -0.2) is 0 Å². The summed E-state index contributed by atoms with van der Waals surface area (Å²) in [6, 6.07) is 4.65. The molecule has 1 aromatic heterocycles. The van der Waals surface area contributed by atoms with Crippen LogP contribution < -0.4 is 15.0 Å². The molecule has 2 aromatic rings. The molecule has 0 saturated carbocycles. The minimum Gasteiger partial charge on any atom is -0.491 e. The van der Waals surface area contributed by atoms with Gasteiger partial charge in [0.1, 0.15) is 0 Å². The van der Waals surface area contributed by atoms with Gasteiger partial charge in [0.15, 0.2) is 5.75 Å². The zero-order valence-corrected chi connectivity index (χ0v) is 11.1. The molecule has 21 heavy (non-hydrogen) atoms. The highest BCUT2D eigenvalue weighted by Crippen LogP contribution is 2.33. The SMILES string of the molecule is COc1cnn(-c2ccccc2C(F)(F)F)c(=O)c1OC. The second kappa shape index (κ2) is 5.47. The number of para-hydroxylation sites is 1. The Labute approximate surface area is 117 Å². The van der Waals surface area contributed by atoms with E-state index in [4.69, 9.17) is 9.47 Å².